The zero-order chi connectivity index (χ0) is 26.8. The number of rotatable bonds is 19. The summed E-state index contributed by atoms with van der Waals surface area (Å²) in [5, 5.41) is 14.0. The van der Waals surface area contributed by atoms with Crippen molar-refractivity contribution in [2.45, 2.75) is 71.1 Å². The van der Waals surface area contributed by atoms with Crippen molar-refractivity contribution < 1.29 is 32.8 Å². The van der Waals surface area contributed by atoms with Crippen LogP contribution in [0.3, 0.4) is 0 Å². The number of benzene rings is 2. The van der Waals surface area contributed by atoms with Crippen LogP contribution in [0, 0.1) is 0 Å². The van der Waals surface area contributed by atoms with Gasteiger partial charge in [-0.15, -0.1) is 0 Å². The van der Waals surface area contributed by atoms with Gasteiger partial charge in [0.05, 0.1) is 19.8 Å². The number of carbonyl (C=O) groups excluding carboxylic acids is 1. The highest BCUT2D eigenvalue weighted by Gasteiger charge is 2.31. The number of hydrogen-bond donors (Lipinski definition) is 3. The molecule has 0 radical (unpaired) electrons. The van der Waals surface area contributed by atoms with Crippen LogP contribution in [0.2, 0.25) is 0 Å². The molecule has 2 aromatic rings. The first-order valence-electron chi connectivity index (χ1n) is 12.8. The van der Waals surface area contributed by atoms with Crippen LogP contribution >= 0.6 is 7.82 Å². The summed E-state index contributed by atoms with van der Waals surface area (Å²) < 4.78 is 29.9. The van der Waals surface area contributed by atoms with Gasteiger partial charge in [-0.2, -0.15) is 0 Å². The lowest BCUT2D eigenvalue weighted by molar-refractivity contribution is -0.123. The summed E-state index contributed by atoms with van der Waals surface area (Å²) in [6.07, 6.45) is 6.26. The first kappa shape index (κ1) is 30.5. The quantitative estimate of drug-likeness (QED) is 0.148. The molecule has 0 bridgehead atoms. The first-order valence-corrected chi connectivity index (χ1v) is 14.3. The van der Waals surface area contributed by atoms with E-state index in [0.717, 1.165) is 30.4 Å². The van der Waals surface area contributed by atoms with Crippen molar-refractivity contribution in [3.05, 3.63) is 71.8 Å². The van der Waals surface area contributed by atoms with E-state index in [1.165, 1.54) is 25.7 Å². The van der Waals surface area contributed by atoms with Crippen molar-refractivity contribution in [1.29, 1.82) is 0 Å². The minimum Gasteiger partial charge on any atom is -0.465 e. The average molecular weight is 535 g/mol. The fourth-order valence-electron chi connectivity index (χ4n) is 3.48. The molecule has 9 nitrogen and oxygen atoms in total. The van der Waals surface area contributed by atoms with Gasteiger partial charge >= 0.3 is 13.9 Å². The van der Waals surface area contributed by atoms with Gasteiger partial charge < -0.3 is 15.7 Å². The van der Waals surface area contributed by atoms with E-state index in [2.05, 4.69) is 17.6 Å². The number of hydrogen-bond acceptors (Lipinski definition) is 6. The lowest BCUT2D eigenvalue weighted by atomic mass is 10.1. The normalized spacial score (nSPS) is 12.1. The molecule has 2 aromatic carbocycles. The van der Waals surface area contributed by atoms with Crippen molar-refractivity contribution in [2.24, 2.45) is 0 Å². The summed E-state index contributed by atoms with van der Waals surface area (Å²) >= 11 is 0. The molecule has 0 saturated carbocycles. The van der Waals surface area contributed by atoms with Gasteiger partial charge in [-0.3, -0.25) is 18.4 Å². The second-order valence-corrected chi connectivity index (χ2v) is 10.3. The predicted molar refractivity (Wildman–Crippen MR) is 142 cm³/mol. The zero-order valence-electron chi connectivity index (χ0n) is 21.5. The Morgan fingerprint density at radius 3 is 1.84 bits per heavy atom. The molecule has 0 aromatic heterocycles. The zero-order valence-corrected chi connectivity index (χ0v) is 22.4. The van der Waals surface area contributed by atoms with Gasteiger partial charge in [0.15, 0.2) is 0 Å². The van der Waals surface area contributed by atoms with Gasteiger partial charge in [0, 0.05) is 6.54 Å². The molecule has 0 saturated heterocycles. The minimum absolute atomic E-state index is 0.0472. The highest BCUT2D eigenvalue weighted by atomic mass is 31.2. The maximum absolute atomic E-state index is 13.4. The molecule has 1 unspecified atom stereocenters. The van der Waals surface area contributed by atoms with Gasteiger partial charge in [0.1, 0.15) is 6.04 Å². The lowest BCUT2D eigenvalue weighted by Crippen LogP contribution is -2.49. The Hall–Kier alpha value is -2.71. The second kappa shape index (κ2) is 17.7. The summed E-state index contributed by atoms with van der Waals surface area (Å²) in [6, 6.07) is 16.9. The van der Waals surface area contributed by atoms with Gasteiger partial charge in [-0.1, -0.05) is 106 Å². The van der Waals surface area contributed by atoms with Crippen LogP contribution in [0.15, 0.2) is 60.7 Å². The van der Waals surface area contributed by atoms with Gasteiger partial charge in [-0.25, -0.2) is 9.36 Å². The Balaban J connectivity index is 1.93. The van der Waals surface area contributed by atoms with Crippen LogP contribution in [-0.2, 0) is 36.1 Å². The van der Waals surface area contributed by atoms with E-state index >= 15 is 0 Å². The summed E-state index contributed by atoms with van der Waals surface area (Å²) in [4.78, 5) is 23.9. The molecule has 0 spiro atoms. The number of amides is 2. The van der Waals surface area contributed by atoms with Crippen LogP contribution < -0.4 is 10.6 Å². The highest BCUT2D eigenvalue weighted by Crippen LogP contribution is 2.51. The molecule has 10 heteroatoms. The lowest BCUT2D eigenvalue weighted by Gasteiger charge is -2.22. The molecule has 2 amide bonds. The molecule has 0 aliphatic rings. The average Bonchev–Trinajstić information content (AvgIpc) is 2.91. The van der Waals surface area contributed by atoms with Crippen molar-refractivity contribution in [2.75, 3.05) is 13.2 Å². The summed E-state index contributed by atoms with van der Waals surface area (Å²) in [6.45, 7) is 1.97. The molecular formula is C27H39N2O7P. The number of phosphoric acid groups is 1. The molecule has 0 fully saturated rings. The van der Waals surface area contributed by atoms with E-state index in [1.54, 1.807) is 24.3 Å². The molecule has 1 atom stereocenters. The Morgan fingerprint density at radius 1 is 0.811 bits per heavy atom. The standard InChI is InChI=1S/C27H39N2O7P/c1-2-3-4-5-6-7-14-19-28-26(30)25(29-27(31)32)22-36-37(33,34-20-23-15-10-8-11-16-23)35-21-24-17-12-9-13-18-24/h8-13,15-18,25,29H,2-7,14,19-22H2,1H3,(H,28,30)(H,31,32). The maximum atomic E-state index is 13.4. The van der Waals surface area contributed by atoms with Crippen LogP contribution in [-0.4, -0.2) is 36.3 Å². The molecule has 2 rings (SSSR count). The van der Waals surface area contributed by atoms with Crippen molar-refractivity contribution in [3.63, 3.8) is 0 Å². The Morgan fingerprint density at radius 2 is 1.32 bits per heavy atom. The van der Waals surface area contributed by atoms with Gasteiger partial charge in [0.2, 0.25) is 5.91 Å². The Bertz CT molecular complexity index is 912. The summed E-state index contributed by atoms with van der Waals surface area (Å²) in [5.41, 5.74) is 1.50. The third kappa shape index (κ3) is 13.4. The van der Waals surface area contributed by atoms with Crippen LogP contribution in [0.5, 0.6) is 0 Å². The van der Waals surface area contributed by atoms with Crippen molar-refractivity contribution in [3.8, 4) is 0 Å². The number of nitrogens with one attached hydrogen (secondary N) is 2. The molecule has 3 N–H and O–H groups in total. The van der Waals surface area contributed by atoms with Gasteiger partial charge in [-0.05, 0) is 17.5 Å². The highest BCUT2D eigenvalue weighted by molar-refractivity contribution is 7.48. The molecule has 0 aliphatic heterocycles. The van der Waals surface area contributed by atoms with Crippen molar-refractivity contribution >= 4 is 19.8 Å². The van der Waals surface area contributed by atoms with E-state index in [9.17, 15) is 19.3 Å². The summed E-state index contributed by atoms with van der Waals surface area (Å²) in [7, 11) is -4.15. The molecular weight excluding hydrogens is 495 g/mol. The smallest absolute Gasteiger partial charge is 0.465 e. The van der Waals surface area contributed by atoms with E-state index < -0.39 is 32.5 Å². The fraction of sp³-hybridized carbons (Fsp3) is 0.481. The minimum atomic E-state index is -4.15. The maximum Gasteiger partial charge on any atom is 0.475 e. The number of carboxylic acid groups (broad SMARTS) is 1. The monoisotopic (exact) mass is 534 g/mol. The Labute approximate surface area is 219 Å². The molecule has 0 heterocycles. The van der Waals surface area contributed by atoms with Crippen LogP contribution in [0.25, 0.3) is 0 Å². The third-order valence-corrected chi connectivity index (χ3v) is 6.91. The number of carbonyl (C=O) groups is 2. The fourth-order valence-corrected chi connectivity index (χ4v) is 4.65. The molecule has 204 valence electrons. The van der Waals surface area contributed by atoms with Crippen molar-refractivity contribution in [1.82, 2.24) is 10.6 Å². The Kier molecular flexibility index (Phi) is 14.6. The number of phosphoric ester groups is 1. The first-order chi connectivity index (χ1) is 17.9. The van der Waals surface area contributed by atoms with E-state index in [0.29, 0.717) is 6.54 Å². The van der Waals surface area contributed by atoms with Crippen LogP contribution in [0.4, 0.5) is 4.79 Å². The van der Waals surface area contributed by atoms with Gasteiger partial charge in [0.25, 0.3) is 0 Å². The van der Waals surface area contributed by atoms with Crippen LogP contribution in [0.1, 0.15) is 63.0 Å². The number of unbranched alkanes of at least 4 members (excludes halogenated alkanes) is 6. The molecule has 0 aliphatic carbocycles. The van der Waals surface area contributed by atoms with E-state index in [4.69, 9.17) is 13.6 Å². The van der Waals surface area contributed by atoms with E-state index in [-0.39, 0.29) is 13.2 Å². The predicted octanol–water partition coefficient (Wildman–Crippen LogP) is 6.05. The topological polar surface area (TPSA) is 123 Å². The summed E-state index contributed by atoms with van der Waals surface area (Å²) in [5.74, 6) is -0.564. The largest absolute Gasteiger partial charge is 0.475 e. The third-order valence-electron chi connectivity index (χ3n) is 5.56. The SMILES string of the molecule is CCCCCCCCCNC(=O)C(COP(=O)(OCc1ccccc1)OCc1ccccc1)NC(=O)O. The second-order valence-electron chi connectivity index (χ2n) is 8.68. The molecule has 37 heavy (non-hydrogen) atoms. The van der Waals surface area contributed by atoms with E-state index in [1.807, 2.05) is 36.4 Å².